The van der Waals surface area contributed by atoms with E-state index in [1.165, 1.54) is 12.8 Å². The first-order chi connectivity index (χ1) is 1.91. The van der Waals surface area contributed by atoms with Crippen molar-refractivity contribution in [2.45, 2.75) is 26.7 Å². The molecule has 0 aromatic carbocycles. The molecular formula is C4H12KLi. The minimum absolute atomic E-state index is 0. The predicted octanol–water partition coefficient (Wildman–Crippen LogP) is -3.96. The molecule has 30 valence electrons. The van der Waals surface area contributed by atoms with Gasteiger partial charge in [-0.2, -0.15) is 0 Å². The largest absolute Gasteiger partial charge is 1.00 e. The summed E-state index contributed by atoms with van der Waals surface area (Å²) in [5, 5.41) is 0. The molecular weight excluding hydrogens is 94.1 g/mol. The average molecular weight is 106 g/mol. The molecule has 0 rings (SSSR count). The first-order valence-corrected chi connectivity index (χ1v) is 1.91. The van der Waals surface area contributed by atoms with Crippen LogP contribution in [-0.2, 0) is 0 Å². The van der Waals surface area contributed by atoms with E-state index in [4.69, 9.17) is 0 Å². The fraction of sp³-hybridized carbons (Fsp3) is 1.00. The van der Waals surface area contributed by atoms with Gasteiger partial charge in [0.05, 0.1) is 0 Å². The first-order valence-electron chi connectivity index (χ1n) is 1.91. The molecule has 0 aliphatic carbocycles. The maximum Gasteiger partial charge on any atom is 1.00 e. The molecule has 0 heterocycles. The predicted molar refractivity (Wildman–Crippen MR) is 22.8 cm³/mol. The molecule has 6 heavy (non-hydrogen) atoms. The number of hydrogen-bond donors (Lipinski definition) is 0. The minimum atomic E-state index is 0. The van der Waals surface area contributed by atoms with Crippen LogP contribution in [-0.4, -0.2) is 0 Å². The minimum Gasteiger partial charge on any atom is -1.00 e. The van der Waals surface area contributed by atoms with Crippen molar-refractivity contribution in [1.82, 2.24) is 0 Å². The van der Waals surface area contributed by atoms with Crippen LogP contribution in [0.5, 0.6) is 0 Å². The molecule has 0 saturated carbocycles. The summed E-state index contributed by atoms with van der Waals surface area (Å²) in [6, 6.07) is 0. The summed E-state index contributed by atoms with van der Waals surface area (Å²) in [6.07, 6.45) is 2.64. The smallest absolute Gasteiger partial charge is 1.00 e. The Kier molecular flexibility index (Phi) is 41.1. The van der Waals surface area contributed by atoms with Crippen LogP contribution in [0.25, 0.3) is 0 Å². The normalized spacial score (nSPS) is 5.00. The van der Waals surface area contributed by atoms with Gasteiger partial charge in [0, 0.05) is 0 Å². The van der Waals surface area contributed by atoms with Crippen molar-refractivity contribution < 1.29 is 73.1 Å². The van der Waals surface area contributed by atoms with Crippen molar-refractivity contribution >= 4 is 0 Å². The zero-order valence-corrected chi connectivity index (χ0v) is 8.54. The van der Waals surface area contributed by atoms with Gasteiger partial charge in [-0.1, -0.05) is 26.7 Å². The van der Waals surface area contributed by atoms with Crippen LogP contribution in [0.4, 0.5) is 0 Å². The standard InChI is InChI=1S/C4H10.K.Li.2H/c1-3-4-2;;;;/h3-4H2,1-2H3;;;;/q;2*+1;2*-1. The number of hydrogen-bond acceptors (Lipinski definition) is 0. The third-order valence-electron chi connectivity index (χ3n) is 0.500. The van der Waals surface area contributed by atoms with Crippen molar-refractivity contribution in [3.8, 4) is 0 Å². The molecule has 0 bridgehead atoms. The molecule has 0 aromatic rings. The van der Waals surface area contributed by atoms with E-state index in [0.717, 1.165) is 0 Å². The first kappa shape index (κ1) is 15.7. The van der Waals surface area contributed by atoms with Gasteiger partial charge in [0.25, 0.3) is 0 Å². The van der Waals surface area contributed by atoms with Gasteiger partial charge < -0.3 is 2.85 Å². The third-order valence-corrected chi connectivity index (χ3v) is 0.500. The molecule has 0 saturated heterocycles. The van der Waals surface area contributed by atoms with E-state index in [1.54, 1.807) is 0 Å². The molecule has 0 N–H and O–H groups in total. The van der Waals surface area contributed by atoms with Crippen LogP contribution in [0.15, 0.2) is 0 Å². The van der Waals surface area contributed by atoms with Gasteiger partial charge in [-0.05, 0) is 0 Å². The Morgan fingerprint density at radius 3 is 1.33 bits per heavy atom. The molecule has 0 nitrogen and oxygen atoms in total. The van der Waals surface area contributed by atoms with E-state index in [2.05, 4.69) is 13.8 Å². The molecule has 0 spiro atoms. The van der Waals surface area contributed by atoms with Crippen molar-refractivity contribution in [3.05, 3.63) is 0 Å². The van der Waals surface area contributed by atoms with Crippen LogP contribution >= 0.6 is 0 Å². The second kappa shape index (κ2) is 15.7. The van der Waals surface area contributed by atoms with Gasteiger partial charge in [0.2, 0.25) is 0 Å². The third kappa shape index (κ3) is 16.3. The number of unbranched alkanes of at least 4 members (excludes halogenated alkanes) is 1. The molecule has 2 heteroatoms. The Balaban J connectivity index is -0.00000000750. The summed E-state index contributed by atoms with van der Waals surface area (Å²) in [6.45, 7) is 4.36. The summed E-state index contributed by atoms with van der Waals surface area (Å²) in [4.78, 5) is 0. The molecule has 0 unspecified atom stereocenters. The topological polar surface area (TPSA) is 0 Å². The summed E-state index contributed by atoms with van der Waals surface area (Å²) < 4.78 is 0. The van der Waals surface area contributed by atoms with Gasteiger partial charge in [-0.3, -0.25) is 0 Å². The van der Waals surface area contributed by atoms with Gasteiger partial charge >= 0.3 is 70.2 Å². The Morgan fingerprint density at radius 2 is 1.33 bits per heavy atom. The van der Waals surface area contributed by atoms with E-state index >= 15 is 0 Å². The average Bonchev–Trinajstić information content (AvgIpc) is 1.37. The van der Waals surface area contributed by atoms with Gasteiger partial charge in [0.1, 0.15) is 0 Å². The maximum atomic E-state index is 2.18. The SMILES string of the molecule is CCCC.[H-].[H-].[K+].[Li+]. The van der Waals surface area contributed by atoms with Crippen LogP contribution in [0.3, 0.4) is 0 Å². The van der Waals surface area contributed by atoms with E-state index in [1.807, 2.05) is 0 Å². The quantitative estimate of drug-likeness (QED) is 0.299. The molecule has 0 aliphatic heterocycles. The maximum absolute atomic E-state index is 2.18. The second-order valence-corrected chi connectivity index (χ2v) is 1.000. The Bertz CT molecular complexity index is 16.0. The molecule has 0 aliphatic rings. The monoisotopic (exact) mass is 106 g/mol. The zero-order valence-electron chi connectivity index (χ0n) is 7.41. The Hall–Kier alpha value is 2.23. The van der Waals surface area contributed by atoms with Crippen molar-refractivity contribution in [2.75, 3.05) is 0 Å². The summed E-state index contributed by atoms with van der Waals surface area (Å²) in [7, 11) is 0. The van der Waals surface area contributed by atoms with Crippen LogP contribution in [0.1, 0.15) is 29.5 Å². The fourth-order valence-electron chi connectivity index (χ4n) is 0. The van der Waals surface area contributed by atoms with Gasteiger partial charge in [-0.25, -0.2) is 0 Å². The molecule has 0 amide bonds. The molecule has 0 aromatic heterocycles. The number of rotatable bonds is 1. The fourth-order valence-corrected chi connectivity index (χ4v) is 0. The van der Waals surface area contributed by atoms with Crippen LogP contribution < -0.4 is 70.2 Å². The molecule has 0 atom stereocenters. The van der Waals surface area contributed by atoms with Crippen molar-refractivity contribution in [1.29, 1.82) is 0 Å². The Labute approximate surface area is 98.0 Å². The van der Waals surface area contributed by atoms with E-state index in [9.17, 15) is 0 Å². The molecule has 0 fully saturated rings. The van der Waals surface area contributed by atoms with E-state index < -0.39 is 0 Å². The van der Waals surface area contributed by atoms with E-state index in [0.29, 0.717) is 0 Å². The van der Waals surface area contributed by atoms with Crippen LogP contribution in [0, 0.1) is 0 Å². The molecule has 0 radical (unpaired) electrons. The summed E-state index contributed by atoms with van der Waals surface area (Å²) in [5.74, 6) is 0. The summed E-state index contributed by atoms with van der Waals surface area (Å²) >= 11 is 0. The zero-order chi connectivity index (χ0) is 3.41. The van der Waals surface area contributed by atoms with E-state index in [-0.39, 0.29) is 73.1 Å². The second-order valence-electron chi connectivity index (χ2n) is 1.000. The van der Waals surface area contributed by atoms with Gasteiger partial charge in [0.15, 0.2) is 0 Å². The van der Waals surface area contributed by atoms with Crippen molar-refractivity contribution in [3.63, 3.8) is 0 Å². The van der Waals surface area contributed by atoms with Crippen LogP contribution in [0.2, 0.25) is 0 Å². The van der Waals surface area contributed by atoms with Gasteiger partial charge in [-0.15, -0.1) is 0 Å². The summed E-state index contributed by atoms with van der Waals surface area (Å²) in [5.41, 5.74) is 0. The Morgan fingerprint density at radius 1 is 1.17 bits per heavy atom. The van der Waals surface area contributed by atoms with Crippen molar-refractivity contribution in [2.24, 2.45) is 0 Å².